The van der Waals surface area contributed by atoms with Gasteiger partial charge in [-0.1, -0.05) is 29.3 Å². The Bertz CT molecular complexity index is 334. The lowest BCUT2D eigenvalue weighted by Gasteiger charge is -2.24. The topological polar surface area (TPSA) is 30.5 Å². The third-order valence-electron chi connectivity index (χ3n) is 2.34. The van der Waals surface area contributed by atoms with Crippen molar-refractivity contribution in [1.82, 2.24) is 5.32 Å². The summed E-state index contributed by atoms with van der Waals surface area (Å²) < 4.78 is 11.1. The predicted octanol–water partition coefficient (Wildman–Crippen LogP) is 2.36. The first-order chi connectivity index (χ1) is 7.77. The van der Waals surface area contributed by atoms with Crippen molar-refractivity contribution in [2.24, 2.45) is 0 Å². The third kappa shape index (κ3) is 3.01. The van der Waals surface area contributed by atoms with E-state index in [0.717, 1.165) is 13.1 Å². The van der Waals surface area contributed by atoms with Crippen LogP contribution >= 0.6 is 23.2 Å². The molecule has 1 aromatic rings. The summed E-state index contributed by atoms with van der Waals surface area (Å²) in [5.74, 6) is 0.528. The summed E-state index contributed by atoms with van der Waals surface area (Å²) in [6.45, 7) is 2.85. The molecule has 1 N–H and O–H groups in total. The van der Waals surface area contributed by atoms with Crippen LogP contribution in [0.1, 0.15) is 0 Å². The fourth-order valence-electron chi connectivity index (χ4n) is 1.52. The molecule has 1 heterocycles. The average Bonchev–Trinajstić information content (AvgIpc) is 2.30. The Balaban J connectivity index is 1.93. The molecule has 1 aliphatic rings. The van der Waals surface area contributed by atoms with E-state index in [1.807, 2.05) is 0 Å². The minimum atomic E-state index is 0.0566. The first kappa shape index (κ1) is 12.0. The van der Waals surface area contributed by atoms with Crippen molar-refractivity contribution >= 4 is 23.2 Å². The van der Waals surface area contributed by atoms with Crippen LogP contribution in [0.3, 0.4) is 0 Å². The lowest BCUT2D eigenvalue weighted by atomic mass is 10.3. The largest absolute Gasteiger partial charge is 0.488 e. The van der Waals surface area contributed by atoms with Gasteiger partial charge >= 0.3 is 0 Å². The molecule has 0 aliphatic carbocycles. The molecule has 1 atom stereocenters. The second-order valence-corrected chi connectivity index (χ2v) is 4.37. The minimum absolute atomic E-state index is 0.0566. The molecule has 88 valence electrons. The van der Waals surface area contributed by atoms with Crippen LogP contribution in [0, 0.1) is 0 Å². The highest BCUT2D eigenvalue weighted by Crippen LogP contribution is 2.32. The Labute approximate surface area is 105 Å². The van der Waals surface area contributed by atoms with Gasteiger partial charge in [0.2, 0.25) is 0 Å². The first-order valence-corrected chi connectivity index (χ1v) is 5.92. The highest BCUT2D eigenvalue weighted by molar-refractivity contribution is 6.37. The molecule has 0 radical (unpaired) electrons. The molecular weight excluding hydrogens is 249 g/mol. The molecule has 1 aromatic carbocycles. The quantitative estimate of drug-likeness (QED) is 0.907. The van der Waals surface area contributed by atoms with E-state index in [1.54, 1.807) is 18.2 Å². The number of benzene rings is 1. The molecule has 3 nitrogen and oxygen atoms in total. The summed E-state index contributed by atoms with van der Waals surface area (Å²) in [5.41, 5.74) is 0. The van der Waals surface area contributed by atoms with Gasteiger partial charge in [0.25, 0.3) is 0 Å². The number of para-hydroxylation sites is 1. The maximum absolute atomic E-state index is 5.98. The van der Waals surface area contributed by atoms with E-state index in [1.165, 1.54) is 0 Å². The summed E-state index contributed by atoms with van der Waals surface area (Å²) in [6, 6.07) is 5.29. The molecule has 1 fully saturated rings. The minimum Gasteiger partial charge on any atom is -0.488 e. The molecule has 1 saturated heterocycles. The monoisotopic (exact) mass is 261 g/mol. The van der Waals surface area contributed by atoms with E-state index in [-0.39, 0.29) is 6.10 Å². The van der Waals surface area contributed by atoms with Gasteiger partial charge in [-0.3, -0.25) is 0 Å². The maximum atomic E-state index is 5.98. The average molecular weight is 262 g/mol. The molecule has 5 heteroatoms. The number of hydrogen-bond acceptors (Lipinski definition) is 3. The fraction of sp³-hybridized carbons (Fsp3) is 0.455. The van der Waals surface area contributed by atoms with Crippen LogP contribution in [0.2, 0.25) is 10.0 Å². The molecule has 0 spiro atoms. The van der Waals surface area contributed by atoms with Crippen molar-refractivity contribution in [3.05, 3.63) is 28.2 Å². The normalized spacial score (nSPS) is 20.8. The van der Waals surface area contributed by atoms with E-state index in [2.05, 4.69) is 5.32 Å². The van der Waals surface area contributed by atoms with Gasteiger partial charge in [0.05, 0.1) is 16.7 Å². The Morgan fingerprint density at radius 2 is 2.12 bits per heavy atom. The molecule has 0 aromatic heterocycles. The number of ether oxygens (including phenoxy) is 2. The van der Waals surface area contributed by atoms with E-state index in [0.29, 0.717) is 29.0 Å². The van der Waals surface area contributed by atoms with Crippen molar-refractivity contribution < 1.29 is 9.47 Å². The van der Waals surface area contributed by atoms with Crippen molar-refractivity contribution in [3.63, 3.8) is 0 Å². The van der Waals surface area contributed by atoms with Gasteiger partial charge in [0.15, 0.2) is 5.75 Å². The van der Waals surface area contributed by atoms with Crippen LogP contribution in [-0.2, 0) is 4.74 Å². The molecule has 1 aliphatic heterocycles. The highest BCUT2D eigenvalue weighted by atomic mass is 35.5. The van der Waals surface area contributed by atoms with Crippen LogP contribution in [-0.4, -0.2) is 32.4 Å². The molecule has 0 bridgehead atoms. The molecule has 0 saturated carbocycles. The van der Waals surface area contributed by atoms with Crippen LogP contribution in [0.15, 0.2) is 18.2 Å². The van der Waals surface area contributed by atoms with E-state index in [4.69, 9.17) is 32.7 Å². The third-order valence-corrected chi connectivity index (χ3v) is 2.93. The maximum Gasteiger partial charge on any atom is 0.156 e. The Hall–Kier alpha value is -0.480. The Kier molecular flexibility index (Phi) is 4.29. The van der Waals surface area contributed by atoms with Crippen molar-refractivity contribution in [3.8, 4) is 5.75 Å². The van der Waals surface area contributed by atoms with E-state index >= 15 is 0 Å². The molecule has 0 amide bonds. The van der Waals surface area contributed by atoms with Crippen LogP contribution < -0.4 is 10.1 Å². The van der Waals surface area contributed by atoms with Crippen molar-refractivity contribution in [2.45, 2.75) is 6.10 Å². The molecule has 0 unspecified atom stereocenters. The van der Waals surface area contributed by atoms with Crippen LogP contribution in [0.4, 0.5) is 0 Å². The van der Waals surface area contributed by atoms with Gasteiger partial charge in [-0.15, -0.1) is 0 Å². The number of rotatable bonds is 3. The van der Waals surface area contributed by atoms with Gasteiger partial charge in [-0.05, 0) is 12.1 Å². The van der Waals surface area contributed by atoms with Crippen LogP contribution in [0.5, 0.6) is 5.75 Å². The number of hydrogen-bond donors (Lipinski definition) is 1. The van der Waals surface area contributed by atoms with Gasteiger partial charge in [-0.2, -0.15) is 0 Å². The second kappa shape index (κ2) is 5.73. The Morgan fingerprint density at radius 1 is 1.38 bits per heavy atom. The van der Waals surface area contributed by atoms with Crippen molar-refractivity contribution in [1.29, 1.82) is 0 Å². The van der Waals surface area contributed by atoms with Gasteiger partial charge in [0.1, 0.15) is 12.7 Å². The first-order valence-electron chi connectivity index (χ1n) is 5.16. The molecular formula is C11H13Cl2NO2. The zero-order valence-electron chi connectivity index (χ0n) is 8.71. The SMILES string of the molecule is Clc1cccc(Cl)c1OC[C@H]1CNCCO1. The lowest BCUT2D eigenvalue weighted by Crippen LogP contribution is -2.41. The smallest absolute Gasteiger partial charge is 0.156 e. The van der Waals surface area contributed by atoms with E-state index in [9.17, 15) is 0 Å². The van der Waals surface area contributed by atoms with Crippen LogP contribution in [0.25, 0.3) is 0 Å². The Morgan fingerprint density at radius 3 is 2.75 bits per heavy atom. The standard InChI is InChI=1S/C11H13Cl2NO2/c12-9-2-1-3-10(13)11(9)16-7-8-6-14-4-5-15-8/h1-3,8,14H,4-7H2/t8-/m1/s1. The molecule has 16 heavy (non-hydrogen) atoms. The second-order valence-electron chi connectivity index (χ2n) is 3.56. The summed E-state index contributed by atoms with van der Waals surface area (Å²) in [7, 11) is 0. The summed E-state index contributed by atoms with van der Waals surface area (Å²) in [5, 5.41) is 4.28. The summed E-state index contributed by atoms with van der Waals surface area (Å²) in [6.07, 6.45) is 0.0566. The highest BCUT2D eigenvalue weighted by Gasteiger charge is 2.15. The van der Waals surface area contributed by atoms with Crippen molar-refractivity contribution in [2.75, 3.05) is 26.3 Å². The number of morpholine rings is 1. The lowest BCUT2D eigenvalue weighted by molar-refractivity contribution is 0.000240. The predicted molar refractivity (Wildman–Crippen MR) is 64.6 cm³/mol. The molecule has 2 rings (SSSR count). The number of halogens is 2. The number of nitrogens with one attached hydrogen (secondary N) is 1. The van der Waals surface area contributed by atoms with E-state index < -0.39 is 0 Å². The van der Waals surface area contributed by atoms with Gasteiger partial charge in [0, 0.05) is 13.1 Å². The zero-order chi connectivity index (χ0) is 11.4. The zero-order valence-corrected chi connectivity index (χ0v) is 10.2. The fourth-order valence-corrected chi connectivity index (χ4v) is 2.03. The summed E-state index contributed by atoms with van der Waals surface area (Å²) >= 11 is 12.0. The van der Waals surface area contributed by atoms with Gasteiger partial charge < -0.3 is 14.8 Å². The summed E-state index contributed by atoms with van der Waals surface area (Å²) in [4.78, 5) is 0. The van der Waals surface area contributed by atoms with Gasteiger partial charge in [-0.25, -0.2) is 0 Å².